The summed E-state index contributed by atoms with van der Waals surface area (Å²) in [5.41, 5.74) is -2.86. The second-order valence-electron chi connectivity index (χ2n) is 1.99. The van der Waals surface area contributed by atoms with Gasteiger partial charge in [0.05, 0.1) is 0 Å². The lowest BCUT2D eigenvalue weighted by atomic mass is 10.6. The molecule has 0 spiro atoms. The molecular formula is C4HCl3F6O. The highest BCUT2D eigenvalue weighted by Crippen LogP contribution is 2.42. The van der Waals surface area contributed by atoms with Crippen molar-refractivity contribution in [3.63, 3.8) is 0 Å². The first kappa shape index (κ1) is 14.4. The molecular weight excluding hydrogens is 284 g/mol. The first-order valence-electron chi connectivity index (χ1n) is 2.71. The zero-order chi connectivity index (χ0) is 11.8. The normalized spacial score (nSPS) is 16.9. The van der Waals surface area contributed by atoms with E-state index in [1.54, 1.807) is 0 Å². The van der Waals surface area contributed by atoms with E-state index in [1.807, 2.05) is 0 Å². The van der Waals surface area contributed by atoms with E-state index in [0.717, 1.165) is 0 Å². The van der Waals surface area contributed by atoms with Crippen LogP contribution in [0.5, 0.6) is 0 Å². The first-order chi connectivity index (χ1) is 5.88. The molecule has 14 heavy (non-hydrogen) atoms. The van der Waals surface area contributed by atoms with Crippen LogP contribution in [-0.4, -0.2) is 22.4 Å². The van der Waals surface area contributed by atoms with Gasteiger partial charge >= 0.3 is 12.3 Å². The molecule has 0 aliphatic heterocycles. The molecule has 0 fully saturated rings. The molecule has 0 bridgehead atoms. The van der Waals surface area contributed by atoms with Crippen molar-refractivity contribution in [3.05, 3.63) is 0 Å². The second-order valence-corrected chi connectivity index (χ2v) is 3.68. The predicted octanol–water partition coefficient (Wildman–Crippen LogP) is 3.82. The molecule has 0 N–H and O–H groups in total. The molecule has 0 aliphatic carbocycles. The molecule has 0 saturated heterocycles. The molecule has 0 rings (SSSR count). The molecule has 0 aromatic rings. The van der Waals surface area contributed by atoms with Gasteiger partial charge in [0.15, 0.2) is 5.56 Å². The summed E-state index contributed by atoms with van der Waals surface area (Å²) in [5, 5.41) is 0. The standard InChI is InChI=1S/C4HCl3F6O/c5-1(2(6,7)8)14-4(12,13)3(9,10)11/h1H. The van der Waals surface area contributed by atoms with Gasteiger partial charge in [0.2, 0.25) is 0 Å². The topological polar surface area (TPSA) is 9.23 Å². The molecule has 86 valence electrons. The highest BCUT2D eigenvalue weighted by molar-refractivity contribution is 6.50. The lowest BCUT2D eigenvalue weighted by Gasteiger charge is -2.24. The number of halogens is 9. The third-order valence-corrected chi connectivity index (χ3v) is 1.85. The average molecular weight is 285 g/mol. The maximum atomic E-state index is 12.3. The molecule has 0 amide bonds. The first-order valence-corrected chi connectivity index (χ1v) is 3.90. The SMILES string of the molecule is FC(Cl)(Cl)C(Cl)OC(F)(F)C(F)(F)F. The van der Waals surface area contributed by atoms with Crippen molar-refractivity contribution in [3.8, 4) is 0 Å². The summed E-state index contributed by atoms with van der Waals surface area (Å²) >= 11 is 13.6. The fraction of sp³-hybridized carbons (Fsp3) is 1.00. The lowest BCUT2D eigenvalue weighted by molar-refractivity contribution is -0.397. The van der Waals surface area contributed by atoms with Gasteiger partial charge < -0.3 is 0 Å². The summed E-state index contributed by atoms with van der Waals surface area (Å²) in [4.78, 5) is 0. The Labute approximate surface area is 88.9 Å². The minimum Gasteiger partial charge on any atom is -0.287 e. The van der Waals surface area contributed by atoms with E-state index in [4.69, 9.17) is 0 Å². The fourth-order valence-electron chi connectivity index (χ4n) is 0.264. The van der Waals surface area contributed by atoms with E-state index < -0.39 is 22.4 Å². The van der Waals surface area contributed by atoms with Gasteiger partial charge in [-0.1, -0.05) is 34.8 Å². The van der Waals surface area contributed by atoms with Crippen molar-refractivity contribution in [1.82, 2.24) is 0 Å². The van der Waals surface area contributed by atoms with Crippen molar-refractivity contribution in [2.45, 2.75) is 22.4 Å². The molecule has 0 aliphatic rings. The minimum absolute atomic E-state index is 2.83. The van der Waals surface area contributed by atoms with Gasteiger partial charge in [-0.05, 0) is 0 Å². The van der Waals surface area contributed by atoms with Crippen LogP contribution in [0.25, 0.3) is 0 Å². The Bertz CT molecular complexity index is 198. The third-order valence-electron chi connectivity index (χ3n) is 0.839. The van der Waals surface area contributed by atoms with E-state index in [9.17, 15) is 26.3 Å². The van der Waals surface area contributed by atoms with Crippen LogP contribution in [0.15, 0.2) is 0 Å². The van der Waals surface area contributed by atoms with Gasteiger partial charge in [-0.15, -0.1) is 0 Å². The molecule has 0 aromatic carbocycles. The molecule has 0 radical (unpaired) electrons. The molecule has 0 aromatic heterocycles. The lowest BCUT2D eigenvalue weighted by Crippen LogP contribution is -2.43. The number of hydrogen-bond acceptors (Lipinski definition) is 1. The highest BCUT2D eigenvalue weighted by atomic mass is 35.5. The summed E-state index contributed by atoms with van der Waals surface area (Å²) in [6.07, 6.45) is -11.7. The highest BCUT2D eigenvalue weighted by Gasteiger charge is 2.62. The van der Waals surface area contributed by atoms with E-state index in [-0.39, 0.29) is 0 Å². The number of alkyl halides is 9. The Morgan fingerprint density at radius 1 is 0.929 bits per heavy atom. The Balaban J connectivity index is 4.53. The van der Waals surface area contributed by atoms with Crippen molar-refractivity contribution < 1.29 is 31.1 Å². The van der Waals surface area contributed by atoms with Gasteiger partial charge in [0.1, 0.15) is 0 Å². The van der Waals surface area contributed by atoms with Crippen molar-refractivity contribution in [1.29, 1.82) is 0 Å². The molecule has 1 unspecified atom stereocenters. The van der Waals surface area contributed by atoms with Gasteiger partial charge in [-0.3, -0.25) is 4.74 Å². The van der Waals surface area contributed by atoms with Crippen LogP contribution in [-0.2, 0) is 4.74 Å². The van der Waals surface area contributed by atoms with Crippen LogP contribution in [0.4, 0.5) is 26.3 Å². The monoisotopic (exact) mass is 284 g/mol. The van der Waals surface area contributed by atoms with Crippen LogP contribution >= 0.6 is 34.8 Å². The van der Waals surface area contributed by atoms with E-state index >= 15 is 0 Å². The van der Waals surface area contributed by atoms with Crippen molar-refractivity contribution in [2.24, 2.45) is 0 Å². The fourth-order valence-corrected chi connectivity index (χ4v) is 0.465. The van der Waals surface area contributed by atoms with E-state index in [2.05, 4.69) is 39.5 Å². The summed E-state index contributed by atoms with van der Waals surface area (Å²) in [6, 6.07) is 0. The minimum atomic E-state index is -6.03. The van der Waals surface area contributed by atoms with Crippen LogP contribution < -0.4 is 0 Å². The van der Waals surface area contributed by atoms with Crippen LogP contribution in [0.1, 0.15) is 0 Å². The maximum Gasteiger partial charge on any atom is 0.483 e. The molecule has 0 heterocycles. The Morgan fingerprint density at radius 2 is 1.29 bits per heavy atom. The van der Waals surface area contributed by atoms with Gasteiger partial charge in [0.25, 0.3) is 4.59 Å². The average Bonchev–Trinajstić information content (AvgIpc) is 1.80. The summed E-state index contributed by atoms with van der Waals surface area (Å²) in [7, 11) is 0. The Hall–Kier alpha value is 0.410. The molecule has 1 nitrogen and oxygen atoms in total. The predicted molar refractivity (Wildman–Crippen MR) is 37.3 cm³/mol. The van der Waals surface area contributed by atoms with Crippen LogP contribution in [0, 0.1) is 0 Å². The van der Waals surface area contributed by atoms with E-state index in [0.29, 0.717) is 0 Å². The van der Waals surface area contributed by atoms with Gasteiger partial charge in [-0.25, -0.2) is 4.39 Å². The summed E-state index contributed by atoms with van der Waals surface area (Å²) in [6.45, 7) is 0. The number of ether oxygens (including phenoxy) is 1. The summed E-state index contributed by atoms with van der Waals surface area (Å²) in [5.74, 6) is 0. The van der Waals surface area contributed by atoms with Crippen molar-refractivity contribution >= 4 is 34.8 Å². The summed E-state index contributed by atoms with van der Waals surface area (Å²) < 4.78 is 69.9. The van der Waals surface area contributed by atoms with Crippen LogP contribution in [0.2, 0.25) is 0 Å². The molecule has 1 atom stereocenters. The van der Waals surface area contributed by atoms with Crippen LogP contribution in [0.3, 0.4) is 0 Å². The third kappa shape index (κ3) is 3.88. The zero-order valence-corrected chi connectivity index (χ0v) is 8.16. The van der Waals surface area contributed by atoms with E-state index in [1.165, 1.54) is 0 Å². The van der Waals surface area contributed by atoms with Gasteiger partial charge in [0, 0.05) is 0 Å². The maximum absolute atomic E-state index is 12.3. The second kappa shape index (κ2) is 4.11. The quantitative estimate of drug-likeness (QED) is 0.566. The zero-order valence-electron chi connectivity index (χ0n) is 5.89. The number of hydrogen-bond donors (Lipinski definition) is 0. The molecule has 0 saturated carbocycles. The van der Waals surface area contributed by atoms with Gasteiger partial charge in [-0.2, -0.15) is 22.0 Å². The van der Waals surface area contributed by atoms with Crippen molar-refractivity contribution in [2.75, 3.05) is 0 Å². The molecule has 10 heteroatoms. The Kier molecular flexibility index (Phi) is 4.23. The number of rotatable bonds is 3. The largest absolute Gasteiger partial charge is 0.483 e. The Morgan fingerprint density at radius 3 is 1.50 bits per heavy atom. The smallest absolute Gasteiger partial charge is 0.287 e.